The number of nitrogens with two attached hydrogens (primary N) is 1. The van der Waals surface area contributed by atoms with Crippen LogP contribution in [0.25, 0.3) is 0 Å². The highest BCUT2D eigenvalue weighted by atomic mass is 31.2. The van der Waals surface area contributed by atoms with Gasteiger partial charge < -0.3 is 20.1 Å². The van der Waals surface area contributed by atoms with Crippen molar-refractivity contribution >= 4 is 19.8 Å². The third-order valence-corrected chi connectivity index (χ3v) is 9.46. The summed E-state index contributed by atoms with van der Waals surface area (Å²) in [6.45, 7) is 3.59. The van der Waals surface area contributed by atoms with Crippen molar-refractivity contribution in [2.45, 2.75) is 180 Å². The molecule has 302 valence electrons. The standard InChI is InChI=1S/C42H76NO8P/c1-3-5-7-9-11-13-15-17-19-20-21-23-25-27-29-31-33-35-42(45)51-40(39-50-52(46,47)49-37-36-43)38-48-41(44)34-32-30-28-26-24-22-18-16-14-12-10-8-6-4-2/h5,7,11,13,17,19,21,23,40H,3-4,6,8-10,12,14-16,18,20,22,24-39,43H2,1-2H3,(H,46,47). The fourth-order valence-corrected chi connectivity index (χ4v) is 6.21. The molecule has 0 aliphatic carbocycles. The highest BCUT2D eigenvalue weighted by Gasteiger charge is 2.26. The van der Waals surface area contributed by atoms with Crippen LogP contribution in [0.5, 0.6) is 0 Å². The molecule has 0 rings (SSSR count). The smallest absolute Gasteiger partial charge is 0.462 e. The summed E-state index contributed by atoms with van der Waals surface area (Å²) in [6, 6.07) is 0. The maximum atomic E-state index is 12.6. The number of hydrogen-bond donors (Lipinski definition) is 2. The fraction of sp³-hybridized carbons (Fsp3) is 0.762. The van der Waals surface area contributed by atoms with Crippen molar-refractivity contribution in [2.75, 3.05) is 26.4 Å². The van der Waals surface area contributed by atoms with Gasteiger partial charge in [-0.2, -0.15) is 0 Å². The zero-order valence-electron chi connectivity index (χ0n) is 33.0. The van der Waals surface area contributed by atoms with Crippen molar-refractivity contribution in [3.8, 4) is 0 Å². The van der Waals surface area contributed by atoms with E-state index in [1.54, 1.807) is 0 Å². The zero-order chi connectivity index (χ0) is 38.2. The molecule has 9 nitrogen and oxygen atoms in total. The SMILES string of the molecule is CCC=CCC=CCC=CCC=CCCCCCCC(=O)OC(COC(=O)CCCCCCCCCCCCCCCC)COP(=O)(O)OCCN. The Hall–Kier alpha value is -2.03. The largest absolute Gasteiger partial charge is 0.472 e. The molecule has 0 saturated heterocycles. The summed E-state index contributed by atoms with van der Waals surface area (Å²) < 4.78 is 32.7. The van der Waals surface area contributed by atoms with Crippen LogP contribution in [0.4, 0.5) is 0 Å². The van der Waals surface area contributed by atoms with E-state index in [0.717, 1.165) is 70.6 Å². The highest BCUT2D eigenvalue weighted by Crippen LogP contribution is 2.43. The molecule has 2 atom stereocenters. The molecule has 0 aliphatic rings. The van der Waals surface area contributed by atoms with Gasteiger partial charge in [-0.1, -0.05) is 159 Å². The van der Waals surface area contributed by atoms with Gasteiger partial charge in [0.25, 0.3) is 0 Å². The Morgan fingerprint density at radius 3 is 1.58 bits per heavy atom. The van der Waals surface area contributed by atoms with E-state index in [0.29, 0.717) is 6.42 Å². The molecule has 0 fully saturated rings. The number of phosphoric ester groups is 1. The molecule has 0 bridgehead atoms. The van der Waals surface area contributed by atoms with Crippen molar-refractivity contribution in [2.24, 2.45) is 5.73 Å². The molecular weight excluding hydrogens is 677 g/mol. The van der Waals surface area contributed by atoms with E-state index in [1.165, 1.54) is 70.6 Å². The summed E-state index contributed by atoms with van der Waals surface area (Å²) in [6.07, 6.45) is 42.8. The number of phosphoric acid groups is 1. The monoisotopic (exact) mass is 754 g/mol. The van der Waals surface area contributed by atoms with Gasteiger partial charge in [-0.05, 0) is 51.4 Å². The minimum Gasteiger partial charge on any atom is -0.462 e. The van der Waals surface area contributed by atoms with Crippen LogP contribution < -0.4 is 5.73 Å². The van der Waals surface area contributed by atoms with Gasteiger partial charge in [-0.15, -0.1) is 0 Å². The lowest BCUT2D eigenvalue weighted by molar-refractivity contribution is -0.161. The highest BCUT2D eigenvalue weighted by molar-refractivity contribution is 7.47. The van der Waals surface area contributed by atoms with Crippen LogP contribution in [-0.2, 0) is 32.7 Å². The van der Waals surface area contributed by atoms with E-state index in [2.05, 4.69) is 62.5 Å². The second-order valence-electron chi connectivity index (χ2n) is 13.5. The van der Waals surface area contributed by atoms with Gasteiger partial charge in [0, 0.05) is 19.4 Å². The number of esters is 2. The Labute approximate surface area is 317 Å². The number of ether oxygens (including phenoxy) is 2. The van der Waals surface area contributed by atoms with Crippen LogP contribution in [0.2, 0.25) is 0 Å². The van der Waals surface area contributed by atoms with Crippen LogP contribution in [0.1, 0.15) is 174 Å². The molecule has 0 amide bonds. The van der Waals surface area contributed by atoms with Gasteiger partial charge in [-0.25, -0.2) is 4.57 Å². The number of hydrogen-bond acceptors (Lipinski definition) is 8. The number of allylic oxidation sites excluding steroid dienone is 8. The van der Waals surface area contributed by atoms with Crippen LogP contribution in [0.3, 0.4) is 0 Å². The minimum absolute atomic E-state index is 0.0482. The van der Waals surface area contributed by atoms with Crippen molar-refractivity contribution in [1.82, 2.24) is 0 Å². The normalized spacial score (nSPS) is 13.8. The van der Waals surface area contributed by atoms with Gasteiger partial charge in [0.05, 0.1) is 13.2 Å². The van der Waals surface area contributed by atoms with E-state index >= 15 is 0 Å². The Kier molecular flexibility index (Phi) is 37.2. The van der Waals surface area contributed by atoms with Gasteiger partial charge in [-0.3, -0.25) is 18.6 Å². The average molecular weight is 754 g/mol. The van der Waals surface area contributed by atoms with E-state index in [1.807, 2.05) is 0 Å². The number of carbonyl (C=O) groups is 2. The lowest BCUT2D eigenvalue weighted by atomic mass is 10.0. The van der Waals surface area contributed by atoms with Crippen molar-refractivity contribution in [3.05, 3.63) is 48.6 Å². The molecule has 0 radical (unpaired) electrons. The molecule has 0 heterocycles. The van der Waals surface area contributed by atoms with E-state index in [-0.39, 0.29) is 38.6 Å². The molecule has 2 unspecified atom stereocenters. The molecule has 52 heavy (non-hydrogen) atoms. The van der Waals surface area contributed by atoms with Crippen LogP contribution in [0, 0.1) is 0 Å². The predicted octanol–water partition coefficient (Wildman–Crippen LogP) is 11.6. The van der Waals surface area contributed by atoms with Crippen molar-refractivity contribution in [1.29, 1.82) is 0 Å². The molecular formula is C42H76NO8P. The first kappa shape index (κ1) is 50.0. The summed E-state index contributed by atoms with van der Waals surface area (Å²) >= 11 is 0. The van der Waals surface area contributed by atoms with Crippen molar-refractivity contribution < 1.29 is 37.6 Å². The van der Waals surface area contributed by atoms with Crippen LogP contribution in [-0.4, -0.2) is 49.3 Å². The third kappa shape index (κ3) is 37.7. The fourth-order valence-electron chi connectivity index (χ4n) is 5.45. The Morgan fingerprint density at radius 1 is 0.596 bits per heavy atom. The number of rotatable bonds is 38. The first-order chi connectivity index (χ1) is 25.3. The van der Waals surface area contributed by atoms with E-state index < -0.39 is 26.5 Å². The molecule has 0 aromatic rings. The number of carbonyl (C=O) groups excluding carboxylic acids is 2. The lowest BCUT2D eigenvalue weighted by Gasteiger charge is -2.19. The Balaban J connectivity index is 4.23. The number of unbranched alkanes of at least 4 members (excludes halogenated alkanes) is 17. The summed E-state index contributed by atoms with van der Waals surface area (Å²) in [7, 11) is -4.38. The first-order valence-electron chi connectivity index (χ1n) is 20.6. The van der Waals surface area contributed by atoms with Crippen molar-refractivity contribution in [3.63, 3.8) is 0 Å². The van der Waals surface area contributed by atoms with E-state index in [9.17, 15) is 19.0 Å². The quantitative estimate of drug-likeness (QED) is 0.0273. The zero-order valence-corrected chi connectivity index (χ0v) is 33.9. The third-order valence-electron chi connectivity index (χ3n) is 8.48. The van der Waals surface area contributed by atoms with Gasteiger partial charge in [0.2, 0.25) is 0 Å². The molecule has 10 heteroatoms. The second-order valence-corrected chi connectivity index (χ2v) is 14.9. The maximum Gasteiger partial charge on any atom is 0.472 e. The molecule has 0 spiro atoms. The van der Waals surface area contributed by atoms with Crippen LogP contribution >= 0.6 is 7.82 Å². The Bertz CT molecular complexity index is 996. The summed E-state index contributed by atoms with van der Waals surface area (Å²) in [5, 5.41) is 0. The predicted molar refractivity (Wildman–Crippen MR) is 215 cm³/mol. The summed E-state index contributed by atoms with van der Waals surface area (Å²) in [4.78, 5) is 34.8. The van der Waals surface area contributed by atoms with Gasteiger partial charge in [0.1, 0.15) is 6.61 Å². The molecule has 0 aromatic heterocycles. The lowest BCUT2D eigenvalue weighted by Crippen LogP contribution is -2.29. The minimum atomic E-state index is -4.38. The molecule has 0 aromatic carbocycles. The summed E-state index contributed by atoms with van der Waals surface area (Å²) in [5.74, 6) is -0.856. The topological polar surface area (TPSA) is 134 Å². The van der Waals surface area contributed by atoms with E-state index in [4.69, 9.17) is 24.3 Å². The van der Waals surface area contributed by atoms with Crippen LogP contribution in [0.15, 0.2) is 48.6 Å². The second kappa shape index (κ2) is 38.7. The average Bonchev–Trinajstić information content (AvgIpc) is 3.13. The Morgan fingerprint density at radius 2 is 1.06 bits per heavy atom. The molecule has 0 saturated carbocycles. The van der Waals surface area contributed by atoms with Gasteiger partial charge in [0.15, 0.2) is 6.10 Å². The summed E-state index contributed by atoms with van der Waals surface area (Å²) in [5.41, 5.74) is 5.34. The first-order valence-corrected chi connectivity index (χ1v) is 22.1. The molecule has 0 aliphatic heterocycles. The molecule has 3 N–H and O–H groups in total. The maximum absolute atomic E-state index is 12.6. The van der Waals surface area contributed by atoms with Gasteiger partial charge >= 0.3 is 19.8 Å².